The molecule has 0 saturated carbocycles. The molecule has 1 atom stereocenters. The number of nitrogens with one attached hydrogen (secondary N) is 1. The van der Waals surface area contributed by atoms with Gasteiger partial charge in [-0.05, 0) is 55.0 Å². The summed E-state index contributed by atoms with van der Waals surface area (Å²) in [6, 6.07) is 15.8. The Morgan fingerprint density at radius 3 is 2.63 bits per heavy atom. The molecule has 4 rings (SSSR count). The molecule has 0 bridgehead atoms. The Morgan fingerprint density at radius 1 is 0.947 bits per heavy atom. The van der Waals surface area contributed by atoms with Gasteiger partial charge in [-0.1, -0.05) is 48.0 Å². The Kier molecular flexibility index (Phi) is 2.33. The molecule has 96 valence electrons. The normalized spacial score (nSPS) is 24.3. The third-order valence-corrected chi connectivity index (χ3v) is 4.72. The van der Waals surface area contributed by atoms with E-state index in [1.807, 2.05) is 0 Å². The molecule has 0 aromatic heterocycles. The fourth-order valence-corrected chi connectivity index (χ4v) is 3.85. The molecule has 0 radical (unpaired) electrons. The zero-order chi connectivity index (χ0) is 12.9. The maximum absolute atomic E-state index is 3.83. The molecule has 19 heavy (non-hydrogen) atoms. The van der Waals surface area contributed by atoms with E-state index in [4.69, 9.17) is 0 Å². The number of hydrogen-bond donors (Lipinski definition) is 1. The Hall–Kier alpha value is -1.60. The average molecular weight is 249 g/mol. The van der Waals surface area contributed by atoms with Crippen LogP contribution in [-0.2, 0) is 5.54 Å². The van der Waals surface area contributed by atoms with Crippen LogP contribution in [0.4, 0.5) is 0 Å². The quantitative estimate of drug-likeness (QED) is 0.744. The van der Waals surface area contributed by atoms with Gasteiger partial charge in [0, 0.05) is 0 Å². The molecule has 1 saturated heterocycles. The third kappa shape index (κ3) is 1.45. The topological polar surface area (TPSA) is 12.0 Å². The molecule has 0 amide bonds. The van der Waals surface area contributed by atoms with Crippen LogP contribution in [0.15, 0.2) is 42.5 Å². The molecule has 1 unspecified atom stereocenters. The zero-order valence-electron chi connectivity index (χ0n) is 11.4. The Morgan fingerprint density at radius 2 is 1.79 bits per heavy atom. The fraction of sp³-hybridized carbons (Fsp3) is 0.333. The number of aryl methyl sites for hydroxylation is 1. The van der Waals surface area contributed by atoms with Gasteiger partial charge >= 0.3 is 0 Å². The van der Waals surface area contributed by atoms with Crippen LogP contribution in [0.2, 0.25) is 0 Å². The number of benzene rings is 2. The summed E-state index contributed by atoms with van der Waals surface area (Å²) in [5, 5.41) is 3.83. The van der Waals surface area contributed by atoms with Gasteiger partial charge in [-0.15, -0.1) is 0 Å². The Balaban J connectivity index is 2.03. The van der Waals surface area contributed by atoms with E-state index in [2.05, 4.69) is 54.7 Å². The second kappa shape index (κ2) is 3.94. The molecular formula is C18H19N. The molecule has 1 spiro atoms. The van der Waals surface area contributed by atoms with Crippen molar-refractivity contribution in [1.82, 2.24) is 5.32 Å². The van der Waals surface area contributed by atoms with Crippen LogP contribution in [0, 0.1) is 6.92 Å². The second-order valence-electron chi connectivity index (χ2n) is 5.88. The first-order valence-electron chi connectivity index (χ1n) is 7.27. The van der Waals surface area contributed by atoms with Crippen molar-refractivity contribution in [3.05, 3.63) is 59.2 Å². The first kappa shape index (κ1) is 11.2. The second-order valence-corrected chi connectivity index (χ2v) is 5.88. The minimum Gasteiger partial charge on any atom is -0.304 e. The van der Waals surface area contributed by atoms with E-state index < -0.39 is 0 Å². The predicted molar refractivity (Wildman–Crippen MR) is 79.2 cm³/mol. The molecule has 1 aliphatic heterocycles. The number of hydrogen-bond acceptors (Lipinski definition) is 1. The number of fused-ring (bicyclic) bond motifs is 5. The summed E-state index contributed by atoms with van der Waals surface area (Å²) in [5.74, 6) is 0. The largest absolute Gasteiger partial charge is 0.304 e. The van der Waals surface area contributed by atoms with Crippen molar-refractivity contribution in [2.24, 2.45) is 0 Å². The van der Waals surface area contributed by atoms with Crippen LogP contribution < -0.4 is 5.32 Å². The zero-order valence-corrected chi connectivity index (χ0v) is 11.4. The van der Waals surface area contributed by atoms with Gasteiger partial charge in [-0.25, -0.2) is 0 Å². The summed E-state index contributed by atoms with van der Waals surface area (Å²) in [5.41, 5.74) is 7.26. The number of rotatable bonds is 0. The summed E-state index contributed by atoms with van der Waals surface area (Å²) in [6.45, 7) is 3.32. The molecule has 1 nitrogen and oxygen atoms in total. The van der Waals surface area contributed by atoms with E-state index in [0.29, 0.717) is 0 Å². The van der Waals surface area contributed by atoms with E-state index in [1.165, 1.54) is 47.1 Å². The van der Waals surface area contributed by atoms with Crippen molar-refractivity contribution in [1.29, 1.82) is 0 Å². The highest BCUT2D eigenvalue weighted by Crippen LogP contribution is 2.50. The summed E-state index contributed by atoms with van der Waals surface area (Å²) < 4.78 is 0. The van der Waals surface area contributed by atoms with Gasteiger partial charge in [-0.2, -0.15) is 0 Å². The maximum atomic E-state index is 3.83. The first-order valence-corrected chi connectivity index (χ1v) is 7.27. The van der Waals surface area contributed by atoms with Gasteiger partial charge in [0.2, 0.25) is 0 Å². The summed E-state index contributed by atoms with van der Waals surface area (Å²) in [4.78, 5) is 0. The molecule has 1 heterocycles. The van der Waals surface area contributed by atoms with Crippen LogP contribution in [0.5, 0.6) is 0 Å². The highest BCUT2D eigenvalue weighted by molar-refractivity contribution is 5.81. The molecule has 2 aliphatic rings. The van der Waals surface area contributed by atoms with E-state index in [9.17, 15) is 0 Å². The molecule has 2 aromatic rings. The highest BCUT2D eigenvalue weighted by Gasteiger charge is 2.43. The molecule has 1 fully saturated rings. The van der Waals surface area contributed by atoms with Crippen LogP contribution >= 0.6 is 0 Å². The lowest BCUT2D eigenvalue weighted by Gasteiger charge is -2.37. The summed E-state index contributed by atoms with van der Waals surface area (Å²) >= 11 is 0. The van der Waals surface area contributed by atoms with Gasteiger partial charge in [0.1, 0.15) is 0 Å². The minimum atomic E-state index is 0.0796. The van der Waals surface area contributed by atoms with Gasteiger partial charge < -0.3 is 5.32 Å². The van der Waals surface area contributed by atoms with Gasteiger partial charge in [0.25, 0.3) is 0 Å². The fourth-order valence-electron chi connectivity index (χ4n) is 3.85. The number of piperidine rings is 1. The monoisotopic (exact) mass is 249 g/mol. The minimum absolute atomic E-state index is 0.0796. The van der Waals surface area contributed by atoms with E-state index in [1.54, 1.807) is 0 Å². The van der Waals surface area contributed by atoms with Gasteiger partial charge in [0.05, 0.1) is 5.54 Å². The Bertz CT molecular complexity index is 636. The van der Waals surface area contributed by atoms with Crippen LogP contribution in [-0.4, -0.2) is 6.54 Å². The van der Waals surface area contributed by atoms with Crippen molar-refractivity contribution < 1.29 is 0 Å². The van der Waals surface area contributed by atoms with E-state index >= 15 is 0 Å². The summed E-state index contributed by atoms with van der Waals surface area (Å²) in [6.07, 6.45) is 3.83. The predicted octanol–water partition coefficient (Wildman–Crippen LogP) is 3.99. The van der Waals surface area contributed by atoms with Crippen LogP contribution in [0.25, 0.3) is 11.1 Å². The molecular weight excluding hydrogens is 230 g/mol. The lowest BCUT2D eigenvalue weighted by atomic mass is 9.80. The summed E-state index contributed by atoms with van der Waals surface area (Å²) in [7, 11) is 0. The molecule has 2 aromatic carbocycles. The molecule has 1 N–H and O–H groups in total. The Labute approximate surface area is 114 Å². The van der Waals surface area contributed by atoms with Crippen molar-refractivity contribution in [3.8, 4) is 11.1 Å². The lowest BCUT2D eigenvalue weighted by molar-refractivity contribution is 0.317. The van der Waals surface area contributed by atoms with Crippen molar-refractivity contribution in [2.45, 2.75) is 31.7 Å². The highest BCUT2D eigenvalue weighted by atomic mass is 15.0. The van der Waals surface area contributed by atoms with Gasteiger partial charge in [0.15, 0.2) is 0 Å². The van der Waals surface area contributed by atoms with Gasteiger partial charge in [-0.3, -0.25) is 0 Å². The molecule has 1 aliphatic carbocycles. The van der Waals surface area contributed by atoms with E-state index in [-0.39, 0.29) is 5.54 Å². The van der Waals surface area contributed by atoms with Crippen molar-refractivity contribution >= 4 is 0 Å². The maximum Gasteiger partial charge on any atom is 0.0702 e. The lowest BCUT2D eigenvalue weighted by Crippen LogP contribution is -2.45. The SMILES string of the molecule is Cc1ccc2c(c1)C1(CCCCN1)c1ccccc1-2. The molecule has 1 heteroatoms. The van der Waals surface area contributed by atoms with Crippen molar-refractivity contribution in [3.63, 3.8) is 0 Å². The average Bonchev–Trinajstić information content (AvgIpc) is 2.71. The standard InChI is InChI=1S/C18H19N/c1-13-8-9-15-14-6-2-3-7-16(14)18(17(15)12-13)10-4-5-11-19-18/h2-3,6-9,12,19H,4-5,10-11H2,1H3. The third-order valence-electron chi connectivity index (χ3n) is 4.72. The van der Waals surface area contributed by atoms with Crippen LogP contribution in [0.1, 0.15) is 36.0 Å². The van der Waals surface area contributed by atoms with Crippen LogP contribution in [0.3, 0.4) is 0 Å². The smallest absolute Gasteiger partial charge is 0.0702 e. The van der Waals surface area contributed by atoms with E-state index in [0.717, 1.165) is 6.54 Å². The van der Waals surface area contributed by atoms with Crippen molar-refractivity contribution in [2.75, 3.05) is 6.54 Å². The first-order chi connectivity index (χ1) is 9.31.